The summed E-state index contributed by atoms with van der Waals surface area (Å²) in [5.41, 5.74) is 3.33. The van der Waals surface area contributed by atoms with Crippen molar-refractivity contribution >= 4 is 29.9 Å². The van der Waals surface area contributed by atoms with E-state index in [9.17, 15) is 0 Å². The summed E-state index contributed by atoms with van der Waals surface area (Å²) in [6, 6.07) is 10.3. The van der Waals surface area contributed by atoms with E-state index in [2.05, 4.69) is 56.8 Å². The van der Waals surface area contributed by atoms with Gasteiger partial charge in [0.25, 0.3) is 0 Å². The first-order valence-electron chi connectivity index (χ1n) is 10.9. The lowest BCUT2D eigenvalue weighted by atomic mass is 10.1. The molecule has 8 nitrogen and oxygen atoms in total. The van der Waals surface area contributed by atoms with E-state index in [-0.39, 0.29) is 30.1 Å². The van der Waals surface area contributed by atoms with Crippen molar-refractivity contribution in [2.45, 2.75) is 39.5 Å². The highest BCUT2D eigenvalue weighted by Gasteiger charge is 2.18. The molecule has 0 aliphatic carbocycles. The van der Waals surface area contributed by atoms with Gasteiger partial charge in [-0.15, -0.1) is 24.0 Å². The molecule has 1 aliphatic heterocycles. The number of benzene rings is 1. The molecule has 0 amide bonds. The predicted molar refractivity (Wildman–Crippen MR) is 140 cm³/mol. The SMILES string of the molecule is CN=C(NCc1ccc(-n2ccnc2C)nc1)NCc1ccc(C)cc1OC1CCOC1.I. The molecule has 3 heterocycles. The van der Waals surface area contributed by atoms with E-state index in [0.717, 1.165) is 47.5 Å². The van der Waals surface area contributed by atoms with Crippen molar-refractivity contribution in [3.8, 4) is 11.6 Å². The van der Waals surface area contributed by atoms with Gasteiger partial charge in [0, 0.05) is 50.7 Å². The van der Waals surface area contributed by atoms with Crippen LogP contribution < -0.4 is 15.4 Å². The molecule has 1 saturated heterocycles. The number of aromatic nitrogens is 3. The number of ether oxygens (including phenoxy) is 2. The van der Waals surface area contributed by atoms with E-state index >= 15 is 0 Å². The molecular formula is C24H31IN6O2. The number of halogens is 1. The molecule has 1 fully saturated rings. The Morgan fingerprint density at radius 2 is 2.03 bits per heavy atom. The van der Waals surface area contributed by atoms with E-state index in [0.29, 0.717) is 19.7 Å². The molecule has 2 aromatic heterocycles. The maximum Gasteiger partial charge on any atom is 0.191 e. The first-order valence-corrected chi connectivity index (χ1v) is 10.9. The van der Waals surface area contributed by atoms with Gasteiger partial charge in [-0.2, -0.15) is 0 Å². The second-order valence-electron chi connectivity index (χ2n) is 7.86. The maximum atomic E-state index is 6.19. The fourth-order valence-corrected chi connectivity index (χ4v) is 3.57. The molecule has 3 aromatic rings. The summed E-state index contributed by atoms with van der Waals surface area (Å²) in [6.07, 6.45) is 6.59. The van der Waals surface area contributed by atoms with Crippen LogP contribution in [0, 0.1) is 13.8 Å². The number of nitrogens with one attached hydrogen (secondary N) is 2. The van der Waals surface area contributed by atoms with Gasteiger partial charge < -0.3 is 20.1 Å². The van der Waals surface area contributed by atoms with Gasteiger partial charge in [0.15, 0.2) is 5.96 Å². The Labute approximate surface area is 211 Å². The highest BCUT2D eigenvalue weighted by atomic mass is 127. The third kappa shape index (κ3) is 6.67. The first-order chi connectivity index (χ1) is 15.6. The maximum absolute atomic E-state index is 6.19. The lowest BCUT2D eigenvalue weighted by Gasteiger charge is -2.18. The molecule has 2 N–H and O–H groups in total. The number of guanidine groups is 1. The highest BCUT2D eigenvalue weighted by Crippen LogP contribution is 2.23. The van der Waals surface area contributed by atoms with Crippen LogP contribution in [0.4, 0.5) is 0 Å². The predicted octanol–water partition coefficient (Wildman–Crippen LogP) is 3.54. The summed E-state index contributed by atoms with van der Waals surface area (Å²) >= 11 is 0. The van der Waals surface area contributed by atoms with E-state index in [1.165, 1.54) is 5.56 Å². The van der Waals surface area contributed by atoms with Crippen LogP contribution >= 0.6 is 24.0 Å². The Bertz CT molecular complexity index is 1060. The third-order valence-electron chi connectivity index (χ3n) is 5.42. The van der Waals surface area contributed by atoms with Crippen molar-refractivity contribution in [3.63, 3.8) is 0 Å². The molecule has 1 unspecified atom stereocenters. The second-order valence-corrected chi connectivity index (χ2v) is 7.86. The average Bonchev–Trinajstić information content (AvgIpc) is 3.47. The average molecular weight is 562 g/mol. The minimum atomic E-state index is 0. The fraction of sp³-hybridized carbons (Fsp3) is 0.375. The summed E-state index contributed by atoms with van der Waals surface area (Å²) in [4.78, 5) is 13.1. The topological polar surface area (TPSA) is 85.6 Å². The van der Waals surface area contributed by atoms with Gasteiger partial charge in [-0.1, -0.05) is 18.2 Å². The smallest absolute Gasteiger partial charge is 0.191 e. The highest BCUT2D eigenvalue weighted by molar-refractivity contribution is 14.0. The van der Waals surface area contributed by atoms with Crippen LogP contribution in [0.3, 0.4) is 0 Å². The van der Waals surface area contributed by atoms with Crippen LogP contribution in [0.2, 0.25) is 0 Å². The second kappa shape index (κ2) is 12.0. The van der Waals surface area contributed by atoms with Crippen molar-refractivity contribution in [2.75, 3.05) is 20.3 Å². The summed E-state index contributed by atoms with van der Waals surface area (Å²) < 4.78 is 13.6. The Balaban J connectivity index is 0.00000306. The van der Waals surface area contributed by atoms with Crippen LogP contribution in [-0.2, 0) is 17.8 Å². The number of nitrogens with zero attached hydrogens (tertiary/aromatic N) is 4. The summed E-state index contributed by atoms with van der Waals surface area (Å²) in [6.45, 7) is 6.67. The number of aryl methyl sites for hydroxylation is 2. The summed E-state index contributed by atoms with van der Waals surface area (Å²) in [5.74, 6) is 3.38. The fourth-order valence-electron chi connectivity index (χ4n) is 3.57. The van der Waals surface area contributed by atoms with Gasteiger partial charge in [0.05, 0.1) is 13.2 Å². The van der Waals surface area contributed by atoms with Crippen molar-refractivity contribution < 1.29 is 9.47 Å². The molecule has 0 saturated carbocycles. The zero-order chi connectivity index (χ0) is 22.3. The number of pyridine rings is 1. The van der Waals surface area contributed by atoms with Gasteiger partial charge in [-0.3, -0.25) is 9.56 Å². The van der Waals surface area contributed by atoms with Gasteiger partial charge in [-0.25, -0.2) is 9.97 Å². The Morgan fingerprint density at radius 3 is 2.70 bits per heavy atom. The first kappa shape index (κ1) is 25.0. The molecule has 9 heteroatoms. The van der Waals surface area contributed by atoms with Gasteiger partial charge in [0.2, 0.25) is 0 Å². The van der Waals surface area contributed by atoms with Crippen LogP contribution in [0.5, 0.6) is 5.75 Å². The lowest BCUT2D eigenvalue weighted by Crippen LogP contribution is -2.36. The monoisotopic (exact) mass is 562 g/mol. The van der Waals surface area contributed by atoms with E-state index in [1.807, 2.05) is 30.0 Å². The molecule has 0 radical (unpaired) electrons. The van der Waals surface area contributed by atoms with Crippen molar-refractivity contribution in [2.24, 2.45) is 4.99 Å². The summed E-state index contributed by atoms with van der Waals surface area (Å²) in [7, 11) is 1.76. The molecule has 4 rings (SSSR count). The van der Waals surface area contributed by atoms with E-state index in [4.69, 9.17) is 9.47 Å². The van der Waals surface area contributed by atoms with Gasteiger partial charge in [0.1, 0.15) is 23.5 Å². The van der Waals surface area contributed by atoms with Crippen molar-refractivity contribution in [3.05, 3.63) is 71.4 Å². The van der Waals surface area contributed by atoms with Crippen LogP contribution in [0.1, 0.15) is 28.9 Å². The number of hydrogen-bond acceptors (Lipinski definition) is 5. The van der Waals surface area contributed by atoms with Gasteiger partial charge >= 0.3 is 0 Å². The standard InChI is InChI=1S/C24H30N6O2.HI/c1-17-4-6-20(22(12-17)32-21-8-11-31-16-21)15-29-24(25-3)28-14-19-5-7-23(27-13-19)30-10-9-26-18(30)2;/h4-7,9-10,12-13,21H,8,11,14-16H2,1-3H3,(H2,25,28,29);1H. The molecule has 1 aliphatic rings. The Kier molecular flexibility index (Phi) is 9.07. The third-order valence-corrected chi connectivity index (χ3v) is 5.42. The minimum absolute atomic E-state index is 0. The zero-order valence-corrected chi connectivity index (χ0v) is 21.6. The molecule has 33 heavy (non-hydrogen) atoms. The van der Waals surface area contributed by atoms with E-state index < -0.39 is 0 Å². The van der Waals surface area contributed by atoms with Crippen LogP contribution in [-0.4, -0.2) is 46.9 Å². The number of rotatable bonds is 7. The molecule has 0 spiro atoms. The molecule has 176 valence electrons. The number of imidazole rings is 1. The normalized spacial score (nSPS) is 15.7. The number of hydrogen-bond donors (Lipinski definition) is 2. The van der Waals surface area contributed by atoms with Crippen LogP contribution in [0.25, 0.3) is 5.82 Å². The lowest BCUT2D eigenvalue weighted by molar-refractivity contribution is 0.140. The number of aliphatic imine (C=N–C) groups is 1. The van der Waals surface area contributed by atoms with Crippen molar-refractivity contribution in [1.82, 2.24) is 25.2 Å². The largest absolute Gasteiger partial charge is 0.488 e. The van der Waals surface area contributed by atoms with Gasteiger partial charge in [-0.05, 0) is 37.1 Å². The van der Waals surface area contributed by atoms with Crippen LogP contribution in [0.15, 0.2) is 53.9 Å². The molecular weight excluding hydrogens is 531 g/mol. The quantitative estimate of drug-likeness (QED) is 0.261. The van der Waals surface area contributed by atoms with E-state index in [1.54, 1.807) is 13.2 Å². The zero-order valence-electron chi connectivity index (χ0n) is 19.2. The van der Waals surface area contributed by atoms with Crippen molar-refractivity contribution in [1.29, 1.82) is 0 Å². The Hall–Kier alpha value is -2.66. The summed E-state index contributed by atoms with van der Waals surface area (Å²) in [5, 5.41) is 6.72. The molecule has 0 bridgehead atoms. The Morgan fingerprint density at radius 1 is 1.18 bits per heavy atom. The molecule has 1 atom stereocenters. The molecule has 1 aromatic carbocycles. The minimum Gasteiger partial charge on any atom is -0.488 e.